The van der Waals surface area contributed by atoms with Gasteiger partial charge in [0.15, 0.2) is 0 Å². The zero-order chi connectivity index (χ0) is 12.4. The summed E-state index contributed by atoms with van der Waals surface area (Å²) < 4.78 is 0. The maximum atomic E-state index is 11.1. The Balaban J connectivity index is 2.72. The Kier molecular flexibility index (Phi) is 2.87. The van der Waals surface area contributed by atoms with E-state index in [9.17, 15) is 14.9 Å². The summed E-state index contributed by atoms with van der Waals surface area (Å²) in [5, 5.41) is 12.5. The number of rotatable bonds is 3. The van der Waals surface area contributed by atoms with Gasteiger partial charge in [0, 0.05) is 12.0 Å². The van der Waals surface area contributed by atoms with Gasteiger partial charge in [-0.1, -0.05) is 30.3 Å². The quantitative estimate of drug-likeness (QED) is 0.600. The van der Waals surface area contributed by atoms with Crippen molar-refractivity contribution in [3.05, 3.63) is 52.1 Å². The van der Waals surface area contributed by atoms with Crippen LogP contribution in [0.15, 0.2) is 36.4 Å². The van der Waals surface area contributed by atoms with Crippen LogP contribution in [0.3, 0.4) is 0 Å². The average Bonchev–Trinajstić information content (AvgIpc) is 2.27. The normalized spacial score (nSPS) is 10.4. The number of carbonyl (C=O) groups is 1. The molecule has 0 bridgehead atoms. The summed E-state index contributed by atoms with van der Waals surface area (Å²) in [4.78, 5) is 21.8. The van der Waals surface area contributed by atoms with E-state index in [1.807, 2.05) is 12.1 Å². The Morgan fingerprint density at radius 2 is 1.94 bits per heavy atom. The number of nitro benzene ring substituents is 1. The maximum Gasteiger partial charge on any atom is 0.280 e. The van der Waals surface area contributed by atoms with Crippen LogP contribution in [0.2, 0.25) is 0 Å². The van der Waals surface area contributed by atoms with Crippen LogP contribution < -0.4 is 0 Å². The predicted octanol–water partition coefficient (Wildman–Crippen LogP) is 2.88. The van der Waals surface area contributed by atoms with E-state index in [0.717, 1.165) is 5.39 Å². The topological polar surface area (TPSA) is 60.2 Å². The lowest BCUT2D eigenvalue weighted by molar-refractivity contribution is -0.383. The fraction of sp³-hybridized carbons (Fsp3) is 0.154. The lowest BCUT2D eigenvalue weighted by Crippen LogP contribution is -2.02. The Hall–Kier alpha value is -2.23. The van der Waals surface area contributed by atoms with Gasteiger partial charge in [-0.2, -0.15) is 0 Å². The number of hydrogen-bond acceptors (Lipinski definition) is 3. The second kappa shape index (κ2) is 4.33. The molecule has 0 aliphatic carbocycles. The largest absolute Gasteiger partial charge is 0.300 e. The molecule has 0 aromatic heterocycles. The molecule has 17 heavy (non-hydrogen) atoms. The zero-order valence-corrected chi connectivity index (χ0v) is 9.34. The lowest BCUT2D eigenvalue weighted by atomic mass is 10.0. The molecule has 4 heteroatoms. The van der Waals surface area contributed by atoms with Gasteiger partial charge in [0.05, 0.1) is 10.3 Å². The van der Waals surface area contributed by atoms with E-state index in [1.165, 1.54) is 6.92 Å². The van der Waals surface area contributed by atoms with Crippen LogP contribution in [0.5, 0.6) is 0 Å². The number of nitrogens with zero attached hydrogens (tertiary/aromatic N) is 1. The second-order valence-corrected chi connectivity index (χ2v) is 3.93. The van der Waals surface area contributed by atoms with Gasteiger partial charge in [-0.3, -0.25) is 14.9 Å². The molecule has 0 N–H and O–H groups in total. The first kappa shape index (κ1) is 11.3. The third kappa shape index (κ3) is 2.15. The van der Waals surface area contributed by atoms with Crippen LogP contribution in [0.1, 0.15) is 12.5 Å². The predicted molar refractivity (Wildman–Crippen MR) is 65.0 cm³/mol. The zero-order valence-electron chi connectivity index (χ0n) is 9.34. The van der Waals surface area contributed by atoms with E-state index in [-0.39, 0.29) is 17.9 Å². The van der Waals surface area contributed by atoms with Crippen molar-refractivity contribution in [2.24, 2.45) is 0 Å². The van der Waals surface area contributed by atoms with Crippen molar-refractivity contribution in [1.82, 2.24) is 0 Å². The molecule has 0 amide bonds. The van der Waals surface area contributed by atoms with Gasteiger partial charge in [0.25, 0.3) is 5.69 Å². The van der Waals surface area contributed by atoms with Crippen molar-refractivity contribution in [3.63, 3.8) is 0 Å². The third-order valence-corrected chi connectivity index (χ3v) is 2.61. The van der Waals surface area contributed by atoms with Crippen molar-refractivity contribution >= 4 is 22.2 Å². The van der Waals surface area contributed by atoms with E-state index < -0.39 is 4.92 Å². The van der Waals surface area contributed by atoms with Gasteiger partial charge < -0.3 is 0 Å². The summed E-state index contributed by atoms with van der Waals surface area (Å²) in [6.07, 6.45) is 0.0984. The first-order valence-electron chi connectivity index (χ1n) is 5.24. The first-order chi connectivity index (χ1) is 8.09. The van der Waals surface area contributed by atoms with Gasteiger partial charge in [0.2, 0.25) is 0 Å². The van der Waals surface area contributed by atoms with E-state index in [4.69, 9.17) is 0 Å². The van der Waals surface area contributed by atoms with Gasteiger partial charge in [0.1, 0.15) is 5.78 Å². The van der Waals surface area contributed by atoms with Gasteiger partial charge in [-0.25, -0.2) is 0 Å². The molecule has 0 saturated heterocycles. The Labute approximate surface area is 98.0 Å². The van der Waals surface area contributed by atoms with Gasteiger partial charge >= 0.3 is 0 Å². The molecule has 0 heterocycles. The Bertz CT molecular complexity index is 605. The van der Waals surface area contributed by atoms with Crippen molar-refractivity contribution in [1.29, 1.82) is 0 Å². The fourth-order valence-electron chi connectivity index (χ4n) is 1.93. The van der Waals surface area contributed by atoms with Crippen LogP contribution in [0.4, 0.5) is 5.69 Å². The smallest absolute Gasteiger partial charge is 0.280 e. The minimum absolute atomic E-state index is 0.0401. The first-order valence-corrected chi connectivity index (χ1v) is 5.24. The van der Waals surface area contributed by atoms with Gasteiger partial charge in [-0.05, 0) is 18.4 Å². The van der Waals surface area contributed by atoms with E-state index >= 15 is 0 Å². The third-order valence-electron chi connectivity index (χ3n) is 2.61. The molecular formula is C13H11NO3. The molecule has 4 nitrogen and oxygen atoms in total. The highest BCUT2D eigenvalue weighted by Gasteiger charge is 2.18. The minimum Gasteiger partial charge on any atom is -0.300 e. The number of benzene rings is 2. The molecule has 2 rings (SSSR count). The van der Waals surface area contributed by atoms with Crippen molar-refractivity contribution in [2.75, 3.05) is 0 Å². The number of hydrogen-bond donors (Lipinski definition) is 0. The fourth-order valence-corrected chi connectivity index (χ4v) is 1.93. The van der Waals surface area contributed by atoms with Crippen LogP contribution in [-0.4, -0.2) is 10.7 Å². The monoisotopic (exact) mass is 229 g/mol. The number of ketones is 1. The molecular weight excluding hydrogens is 218 g/mol. The number of carbonyl (C=O) groups excluding carboxylic acids is 1. The molecule has 2 aromatic carbocycles. The summed E-state index contributed by atoms with van der Waals surface area (Å²) >= 11 is 0. The number of Topliss-reactive ketones (excluding diaryl/α,β-unsaturated/α-hetero) is 1. The van der Waals surface area contributed by atoms with Crippen molar-refractivity contribution < 1.29 is 9.72 Å². The standard InChI is InChI=1S/C13H11NO3/c1-9(15)8-11-7-6-10-4-2-3-5-12(10)13(11)14(16)17/h2-7H,8H2,1H3. The van der Waals surface area contributed by atoms with E-state index in [0.29, 0.717) is 10.9 Å². The Morgan fingerprint density at radius 1 is 1.24 bits per heavy atom. The molecule has 0 atom stereocenters. The molecule has 2 aromatic rings. The van der Waals surface area contributed by atoms with E-state index in [1.54, 1.807) is 24.3 Å². The maximum absolute atomic E-state index is 11.1. The molecule has 0 fully saturated rings. The highest BCUT2D eigenvalue weighted by atomic mass is 16.6. The summed E-state index contributed by atoms with van der Waals surface area (Å²) in [7, 11) is 0. The second-order valence-electron chi connectivity index (χ2n) is 3.93. The van der Waals surface area contributed by atoms with Crippen molar-refractivity contribution in [3.8, 4) is 0 Å². The summed E-state index contributed by atoms with van der Waals surface area (Å²) in [6, 6.07) is 10.6. The molecule has 0 unspecified atom stereocenters. The van der Waals surface area contributed by atoms with Crippen LogP contribution >= 0.6 is 0 Å². The van der Waals surface area contributed by atoms with Gasteiger partial charge in [-0.15, -0.1) is 0 Å². The number of nitro groups is 1. The minimum atomic E-state index is -0.416. The van der Waals surface area contributed by atoms with Crippen molar-refractivity contribution in [2.45, 2.75) is 13.3 Å². The summed E-state index contributed by atoms with van der Waals surface area (Å²) in [5.74, 6) is -0.0802. The van der Waals surface area contributed by atoms with Crippen LogP contribution in [-0.2, 0) is 11.2 Å². The summed E-state index contributed by atoms with van der Waals surface area (Å²) in [5.41, 5.74) is 0.513. The van der Waals surface area contributed by atoms with E-state index in [2.05, 4.69) is 0 Å². The van der Waals surface area contributed by atoms with Crippen LogP contribution in [0, 0.1) is 10.1 Å². The van der Waals surface area contributed by atoms with Crippen LogP contribution in [0.25, 0.3) is 10.8 Å². The molecule has 0 radical (unpaired) electrons. The molecule has 86 valence electrons. The molecule has 0 spiro atoms. The Morgan fingerprint density at radius 3 is 2.59 bits per heavy atom. The molecule has 0 saturated carbocycles. The molecule has 0 aliphatic heterocycles. The summed E-state index contributed by atoms with van der Waals surface area (Å²) in [6.45, 7) is 1.43. The SMILES string of the molecule is CC(=O)Cc1ccc2ccccc2c1[N+](=O)[O-]. The molecule has 0 aliphatic rings. The lowest BCUT2D eigenvalue weighted by Gasteiger charge is -2.04. The highest BCUT2D eigenvalue weighted by molar-refractivity contribution is 5.94. The highest BCUT2D eigenvalue weighted by Crippen LogP contribution is 2.29. The number of fused-ring (bicyclic) bond motifs is 1. The average molecular weight is 229 g/mol.